The molecule has 0 fully saturated rings. The Bertz CT molecular complexity index is 678. The second kappa shape index (κ2) is 12.7. The van der Waals surface area contributed by atoms with Crippen molar-refractivity contribution in [3.63, 3.8) is 0 Å². The van der Waals surface area contributed by atoms with E-state index in [4.69, 9.17) is 9.47 Å². The van der Waals surface area contributed by atoms with Gasteiger partial charge in [0.05, 0.1) is 25.8 Å². The molecular formula is C24H39NO3. The van der Waals surface area contributed by atoms with Gasteiger partial charge in [-0.15, -0.1) is 0 Å². The van der Waals surface area contributed by atoms with Gasteiger partial charge in [-0.3, -0.25) is 0 Å². The number of rotatable bonds is 15. The van der Waals surface area contributed by atoms with Crippen LogP contribution in [0.1, 0.15) is 77.6 Å². The zero-order chi connectivity index (χ0) is 20.2. The van der Waals surface area contributed by atoms with Crippen LogP contribution in [0.3, 0.4) is 0 Å². The van der Waals surface area contributed by atoms with Crippen molar-refractivity contribution in [2.75, 3.05) is 14.2 Å². The lowest BCUT2D eigenvalue weighted by molar-refractivity contribution is 0.180. The molecule has 2 aromatic rings. The predicted molar refractivity (Wildman–Crippen MR) is 118 cm³/mol. The molecule has 0 aliphatic carbocycles. The number of aliphatic hydroxyl groups excluding tert-OH is 1. The van der Waals surface area contributed by atoms with Gasteiger partial charge in [-0.1, -0.05) is 57.8 Å². The van der Waals surface area contributed by atoms with Crippen LogP contribution in [0, 0.1) is 0 Å². The fraction of sp³-hybridized carbons (Fsp3) is 0.667. The third-order valence-electron chi connectivity index (χ3n) is 5.55. The van der Waals surface area contributed by atoms with Crippen molar-refractivity contribution >= 4 is 10.9 Å². The third-order valence-corrected chi connectivity index (χ3v) is 5.55. The molecule has 4 heteroatoms. The first-order valence-electron chi connectivity index (χ1n) is 11.0. The van der Waals surface area contributed by atoms with Gasteiger partial charge >= 0.3 is 0 Å². The minimum atomic E-state index is -0.131. The molecule has 28 heavy (non-hydrogen) atoms. The molecule has 158 valence electrons. The number of hydrogen-bond donors (Lipinski definition) is 1. The monoisotopic (exact) mass is 389 g/mol. The molecule has 1 heterocycles. The van der Waals surface area contributed by atoms with Crippen molar-refractivity contribution in [1.82, 2.24) is 4.57 Å². The fourth-order valence-electron chi connectivity index (χ4n) is 3.86. The molecule has 1 atom stereocenters. The summed E-state index contributed by atoms with van der Waals surface area (Å²) in [5.41, 5.74) is 1.19. The van der Waals surface area contributed by atoms with Crippen molar-refractivity contribution in [3.05, 3.63) is 24.4 Å². The Balaban J connectivity index is 1.59. The standard InChI is InChI=1S/C24H39NO3/c1-20(26)14-12-10-8-6-4-5-7-9-11-13-16-25-17-15-22-23(25)18-21(27-2)19-24(22)28-3/h15,17-20,26H,4-14,16H2,1-3H3. The molecule has 0 saturated heterocycles. The van der Waals surface area contributed by atoms with E-state index in [1.165, 1.54) is 69.7 Å². The number of benzene rings is 1. The smallest absolute Gasteiger partial charge is 0.131 e. The van der Waals surface area contributed by atoms with Crippen molar-refractivity contribution in [1.29, 1.82) is 0 Å². The lowest BCUT2D eigenvalue weighted by Gasteiger charge is -2.09. The lowest BCUT2D eigenvalue weighted by Crippen LogP contribution is -1.98. The maximum Gasteiger partial charge on any atom is 0.131 e. The maximum atomic E-state index is 9.24. The number of methoxy groups -OCH3 is 2. The van der Waals surface area contributed by atoms with E-state index in [1.807, 2.05) is 13.0 Å². The molecule has 0 spiro atoms. The number of aryl methyl sites for hydroxylation is 1. The van der Waals surface area contributed by atoms with E-state index in [2.05, 4.69) is 22.9 Å². The Labute approximate surface area is 170 Å². The molecule has 1 aromatic carbocycles. The molecule has 0 bridgehead atoms. The Kier molecular flexibility index (Phi) is 10.3. The minimum Gasteiger partial charge on any atom is -0.497 e. The van der Waals surface area contributed by atoms with Crippen LogP contribution in [0.4, 0.5) is 0 Å². The summed E-state index contributed by atoms with van der Waals surface area (Å²) >= 11 is 0. The molecule has 4 nitrogen and oxygen atoms in total. The van der Waals surface area contributed by atoms with Gasteiger partial charge in [-0.05, 0) is 25.8 Å². The van der Waals surface area contributed by atoms with Crippen LogP contribution in [-0.4, -0.2) is 30.0 Å². The third kappa shape index (κ3) is 7.38. The average molecular weight is 390 g/mol. The summed E-state index contributed by atoms with van der Waals surface area (Å²) in [5.74, 6) is 1.72. The summed E-state index contributed by atoms with van der Waals surface area (Å²) in [7, 11) is 3.41. The number of unbranched alkanes of at least 4 members (excludes halogenated alkanes) is 9. The quantitative estimate of drug-likeness (QED) is 0.362. The van der Waals surface area contributed by atoms with Crippen LogP contribution in [0.25, 0.3) is 10.9 Å². The second-order valence-corrected chi connectivity index (χ2v) is 7.94. The molecule has 1 unspecified atom stereocenters. The van der Waals surface area contributed by atoms with Crippen LogP contribution < -0.4 is 9.47 Å². The Morgan fingerprint density at radius 1 is 0.857 bits per heavy atom. The molecular weight excluding hydrogens is 350 g/mol. The highest BCUT2D eigenvalue weighted by Gasteiger charge is 2.09. The van der Waals surface area contributed by atoms with Gasteiger partial charge in [0, 0.05) is 30.3 Å². The normalized spacial score (nSPS) is 12.4. The number of ether oxygens (including phenoxy) is 2. The summed E-state index contributed by atoms with van der Waals surface area (Å²) in [6.07, 6.45) is 16.0. The summed E-state index contributed by atoms with van der Waals surface area (Å²) in [4.78, 5) is 0. The first-order valence-corrected chi connectivity index (χ1v) is 11.0. The van der Waals surface area contributed by atoms with Crippen LogP contribution in [0.5, 0.6) is 11.5 Å². The van der Waals surface area contributed by atoms with Gasteiger partial charge in [0.1, 0.15) is 11.5 Å². The summed E-state index contributed by atoms with van der Waals surface area (Å²) in [5, 5.41) is 10.4. The Morgan fingerprint density at radius 3 is 2.04 bits per heavy atom. The van der Waals surface area contributed by atoms with Crippen LogP contribution in [0.15, 0.2) is 24.4 Å². The van der Waals surface area contributed by atoms with E-state index in [9.17, 15) is 5.11 Å². The minimum absolute atomic E-state index is 0.131. The van der Waals surface area contributed by atoms with Gasteiger partial charge in [-0.2, -0.15) is 0 Å². The van der Waals surface area contributed by atoms with Gasteiger partial charge < -0.3 is 19.1 Å². The van der Waals surface area contributed by atoms with Crippen molar-refractivity contribution in [3.8, 4) is 11.5 Å². The molecule has 0 aliphatic heterocycles. The summed E-state index contributed by atoms with van der Waals surface area (Å²) < 4.78 is 13.2. The average Bonchev–Trinajstić information content (AvgIpc) is 3.10. The number of aliphatic hydroxyl groups is 1. The molecule has 0 amide bonds. The molecule has 0 saturated carbocycles. The van der Waals surface area contributed by atoms with Gasteiger partial charge in [0.2, 0.25) is 0 Å². The van der Waals surface area contributed by atoms with E-state index in [0.717, 1.165) is 29.9 Å². The van der Waals surface area contributed by atoms with E-state index >= 15 is 0 Å². The van der Waals surface area contributed by atoms with E-state index in [0.29, 0.717) is 0 Å². The molecule has 1 aromatic heterocycles. The molecule has 1 N–H and O–H groups in total. The Morgan fingerprint density at radius 2 is 1.46 bits per heavy atom. The highest BCUT2D eigenvalue weighted by molar-refractivity contribution is 5.88. The number of aromatic nitrogens is 1. The van der Waals surface area contributed by atoms with Gasteiger partial charge in [-0.25, -0.2) is 0 Å². The second-order valence-electron chi connectivity index (χ2n) is 7.94. The first kappa shape index (κ1) is 22.6. The van der Waals surface area contributed by atoms with Crippen LogP contribution >= 0.6 is 0 Å². The van der Waals surface area contributed by atoms with E-state index in [-0.39, 0.29) is 6.10 Å². The molecule has 0 radical (unpaired) electrons. The first-order chi connectivity index (χ1) is 13.7. The van der Waals surface area contributed by atoms with E-state index in [1.54, 1.807) is 14.2 Å². The summed E-state index contributed by atoms with van der Waals surface area (Å²) in [6.45, 7) is 2.93. The van der Waals surface area contributed by atoms with Crippen LogP contribution in [0.2, 0.25) is 0 Å². The van der Waals surface area contributed by atoms with Crippen molar-refractivity contribution in [2.24, 2.45) is 0 Å². The SMILES string of the molecule is COc1cc(OC)c2ccn(CCCCCCCCCCCCC(C)O)c2c1. The van der Waals surface area contributed by atoms with Gasteiger partial charge in [0.15, 0.2) is 0 Å². The van der Waals surface area contributed by atoms with Crippen molar-refractivity contribution in [2.45, 2.75) is 90.2 Å². The lowest BCUT2D eigenvalue weighted by atomic mass is 10.0. The predicted octanol–water partition coefficient (Wildman–Crippen LogP) is 6.33. The largest absolute Gasteiger partial charge is 0.497 e. The maximum absolute atomic E-state index is 9.24. The van der Waals surface area contributed by atoms with Crippen molar-refractivity contribution < 1.29 is 14.6 Å². The van der Waals surface area contributed by atoms with Crippen LogP contribution in [-0.2, 0) is 6.54 Å². The number of fused-ring (bicyclic) bond motifs is 1. The molecule has 0 aliphatic rings. The topological polar surface area (TPSA) is 43.6 Å². The Hall–Kier alpha value is -1.68. The zero-order valence-electron chi connectivity index (χ0n) is 18.1. The fourth-order valence-corrected chi connectivity index (χ4v) is 3.86. The summed E-state index contributed by atoms with van der Waals surface area (Å²) in [6, 6.07) is 6.17. The highest BCUT2D eigenvalue weighted by atomic mass is 16.5. The number of hydrogen-bond acceptors (Lipinski definition) is 3. The highest BCUT2D eigenvalue weighted by Crippen LogP contribution is 2.32. The molecule has 2 rings (SSSR count). The van der Waals surface area contributed by atoms with E-state index < -0.39 is 0 Å². The van der Waals surface area contributed by atoms with Gasteiger partial charge in [0.25, 0.3) is 0 Å². The zero-order valence-corrected chi connectivity index (χ0v) is 18.1. The number of nitrogens with zero attached hydrogens (tertiary/aromatic N) is 1.